The van der Waals surface area contributed by atoms with Gasteiger partial charge in [0, 0.05) is 17.4 Å². The second kappa shape index (κ2) is 8.21. The van der Waals surface area contributed by atoms with E-state index in [2.05, 4.69) is 92.3 Å². The Kier molecular flexibility index (Phi) is 5.21. The lowest BCUT2D eigenvalue weighted by molar-refractivity contribution is 0.450. The summed E-state index contributed by atoms with van der Waals surface area (Å²) in [5, 5.41) is 5.18. The van der Waals surface area contributed by atoms with Crippen LogP contribution in [0, 0.1) is 34.6 Å². The molecule has 0 radical (unpaired) electrons. The average molecular weight is 434 g/mol. The van der Waals surface area contributed by atoms with Gasteiger partial charge in [0.1, 0.15) is 0 Å². The summed E-state index contributed by atoms with van der Waals surface area (Å²) < 4.78 is 5.50. The molecule has 164 valence electrons. The molecular formula is C29H27N3O. The molecule has 3 aromatic carbocycles. The number of hydrogen-bond acceptors (Lipinski definition) is 4. The van der Waals surface area contributed by atoms with Crippen LogP contribution >= 0.6 is 0 Å². The van der Waals surface area contributed by atoms with Crippen LogP contribution in [-0.2, 0) is 0 Å². The third-order valence-corrected chi connectivity index (χ3v) is 6.27. The monoisotopic (exact) mass is 433 g/mol. The van der Waals surface area contributed by atoms with E-state index in [1.54, 1.807) is 0 Å². The molecule has 4 nitrogen and oxygen atoms in total. The largest absolute Gasteiger partial charge is 0.356 e. The van der Waals surface area contributed by atoms with Crippen molar-refractivity contribution in [3.63, 3.8) is 0 Å². The van der Waals surface area contributed by atoms with Crippen LogP contribution in [-0.4, -0.2) is 10.1 Å². The molecule has 0 aliphatic heterocycles. The normalized spacial score (nSPS) is 11.2. The summed E-state index contributed by atoms with van der Waals surface area (Å²) in [6, 6.07) is 23.2. The van der Waals surface area contributed by atoms with Crippen molar-refractivity contribution in [2.75, 3.05) is 4.90 Å². The van der Waals surface area contributed by atoms with Gasteiger partial charge in [-0.3, -0.25) is 4.98 Å². The van der Waals surface area contributed by atoms with E-state index < -0.39 is 0 Å². The first kappa shape index (κ1) is 21.0. The Bertz CT molecular complexity index is 1390. The number of nitrogens with zero attached hydrogens (tertiary/aromatic N) is 3. The maximum atomic E-state index is 5.50. The molecule has 5 rings (SSSR count). The number of aromatic nitrogens is 2. The van der Waals surface area contributed by atoms with Gasteiger partial charge in [0.15, 0.2) is 5.58 Å². The molecule has 33 heavy (non-hydrogen) atoms. The summed E-state index contributed by atoms with van der Waals surface area (Å²) in [5.41, 5.74) is 12.0. The molecule has 0 saturated heterocycles. The van der Waals surface area contributed by atoms with Gasteiger partial charge in [-0.15, -0.1) is 0 Å². The van der Waals surface area contributed by atoms with E-state index in [-0.39, 0.29) is 0 Å². The summed E-state index contributed by atoms with van der Waals surface area (Å²) in [7, 11) is 0. The highest BCUT2D eigenvalue weighted by Crippen LogP contribution is 2.42. The second-order valence-electron chi connectivity index (χ2n) is 8.66. The zero-order valence-electron chi connectivity index (χ0n) is 19.7. The van der Waals surface area contributed by atoms with Crippen LogP contribution in [0.4, 0.5) is 17.1 Å². The zero-order chi connectivity index (χ0) is 23.1. The standard InChI is InChI=1S/C29H27N3O/c1-18-9-6-10-19(2)28(18)32(29-20(3)11-7-12-21(29)4)23-15-16-30-25(17-23)24-13-8-14-26-27(24)22(5)31-33-26/h6-17H,1-5H3. The van der Waals surface area contributed by atoms with Gasteiger partial charge in [0.25, 0.3) is 0 Å². The Labute approximate surface area is 194 Å². The predicted octanol–water partition coefficient (Wildman–Crippen LogP) is 7.90. The fourth-order valence-corrected chi connectivity index (χ4v) is 4.75. The Morgan fingerprint density at radius 3 is 1.88 bits per heavy atom. The van der Waals surface area contributed by atoms with E-state index in [4.69, 9.17) is 9.51 Å². The number of rotatable bonds is 4. The minimum atomic E-state index is 0.776. The van der Waals surface area contributed by atoms with Crippen LogP contribution < -0.4 is 4.90 Å². The predicted molar refractivity (Wildman–Crippen MR) is 136 cm³/mol. The fourth-order valence-electron chi connectivity index (χ4n) is 4.75. The number of benzene rings is 3. The molecule has 4 heteroatoms. The number of hydrogen-bond donors (Lipinski definition) is 0. The van der Waals surface area contributed by atoms with Gasteiger partial charge in [-0.05, 0) is 75.1 Å². The molecule has 5 aromatic rings. The number of para-hydroxylation sites is 2. The van der Waals surface area contributed by atoms with E-state index in [0.717, 1.165) is 33.6 Å². The highest BCUT2D eigenvalue weighted by Gasteiger charge is 2.21. The maximum Gasteiger partial charge on any atom is 0.167 e. The van der Waals surface area contributed by atoms with Gasteiger partial charge in [-0.2, -0.15) is 0 Å². The molecule has 2 aromatic heterocycles. The quantitative estimate of drug-likeness (QED) is 0.289. The van der Waals surface area contributed by atoms with E-state index in [0.29, 0.717) is 0 Å². The van der Waals surface area contributed by atoms with Gasteiger partial charge < -0.3 is 9.42 Å². The van der Waals surface area contributed by atoms with E-state index in [1.807, 2.05) is 25.3 Å². The molecule has 0 saturated carbocycles. The van der Waals surface area contributed by atoms with Crippen LogP contribution in [0.2, 0.25) is 0 Å². The molecule has 0 aliphatic carbocycles. The minimum absolute atomic E-state index is 0.776. The Morgan fingerprint density at radius 1 is 0.697 bits per heavy atom. The Balaban J connectivity index is 1.78. The van der Waals surface area contributed by atoms with Gasteiger partial charge in [-0.25, -0.2) is 0 Å². The lowest BCUT2D eigenvalue weighted by Crippen LogP contribution is -2.15. The summed E-state index contributed by atoms with van der Waals surface area (Å²) >= 11 is 0. The Hall–Kier alpha value is -3.92. The molecule has 0 unspecified atom stereocenters. The molecular weight excluding hydrogens is 406 g/mol. The summed E-state index contributed by atoms with van der Waals surface area (Å²) in [6.07, 6.45) is 1.89. The minimum Gasteiger partial charge on any atom is -0.356 e. The first-order valence-corrected chi connectivity index (χ1v) is 11.2. The summed E-state index contributed by atoms with van der Waals surface area (Å²) in [4.78, 5) is 7.12. The average Bonchev–Trinajstić information content (AvgIpc) is 3.19. The van der Waals surface area contributed by atoms with Crippen molar-refractivity contribution in [2.24, 2.45) is 0 Å². The SMILES string of the molecule is Cc1cccc(C)c1N(c1ccnc(-c2cccc3onc(C)c23)c1)c1c(C)cccc1C. The topological polar surface area (TPSA) is 42.2 Å². The number of fused-ring (bicyclic) bond motifs is 1. The highest BCUT2D eigenvalue weighted by atomic mass is 16.5. The molecule has 0 atom stereocenters. The maximum absolute atomic E-state index is 5.50. The third-order valence-electron chi connectivity index (χ3n) is 6.27. The van der Waals surface area contributed by atoms with Crippen LogP contribution in [0.25, 0.3) is 22.2 Å². The van der Waals surface area contributed by atoms with Crippen LogP contribution in [0.1, 0.15) is 27.9 Å². The zero-order valence-corrected chi connectivity index (χ0v) is 19.7. The lowest BCUT2D eigenvalue weighted by atomic mass is 10.0. The first-order chi connectivity index (χ1) is 16.0. The van der Waals surface area contributed by atoms with Crippen molar-refractivity contribution in [1.29, 1.82) is 0 Å². The van der Waals surface area contributed by atoms with Crippen molar-refractivity contribution in [1.82, 2.24) is 10.1 Å². The first-order valence-electron chi connectivity index (χ1n) is 11.2. The Morgan fingerprint density at radius 2 is 1.27 bits per heavy atom. The van der Waals surface area contributed by atoms with Crippen molar-refractivity contribution < 1.29 is 4.52 Å². The van der Waals surface area contributed by atoms with Gasteiger partial charge in [0.05, 0.1) is 28.1 Å². The molecule has 2 heterocycles. The number of aryl methyl sites for hydroxylation is 5. The van der Waals surface area contributed by atoms with Crippen molar-refractivity contribution >= 4 is 28.0 Å². The van der Waals surface area contributed by atoms with E-state index >= 15 is 0 Å². The van der Waals surface area contributed by atoms with Crippen molar-refractivity contribution in [3.8, 4) is 11.3 Å². The van der Waals surface area contributed by atoms with Crippen LogP contribution in [0.15, 0.2) is 77.4 Å². The number of anilines is 3. The van der Waals surface area contributed by atoms with Gasteiger partial charge in [0.2, 0.25) is 0 Å². The number of pyridine rings is 1. The fraction of sp³-hybridized carbons (Fsp3) is 0.172. The van der Waals surface area contributed by atoms with Crippen LogP contribution in [0.5, 0.6) is 0 Å². The third kappa shape index (κ3) is 3.58. The van der Waals surface area contributed by atoms with E-state index in [9.17, 15) is 0 Å². The molecule has 0 amide bonds. The molecule has 0 fully saturated rings. The molecule has 0 aliphatic rings. The van der Waals surface area contributed by atoms with Crippen molar-refractivity contribution in [2.45, 2.75) is 34.6 Å². The lowest BCUT2D eigenvalue weighted by Gasteiger charge is -2.31. The van der Waals surface area contributed by atoms with E-state index in [1.165, 1.54) is 33.6 Å². The summed E-state index contributed by atoms with van der Waals surface area (Å²) in [6.45, 7) is 10.7. The molecule has 0 bridgehead atoms. The van der Waals surface area contributed by atoms with Gasteiger partial charge >= 0.3 is 0 Å². The second-order valence-corrected chi connectivity index (χ2v) is 8.66. The van der Waals surface area contributed by atoms with Crippen LogP contribution in [0.3, 0.4) is 0 Å². The van der Waals surface area contributed by atoms with Crippen molar-refractivity contribution in [3.05, 3.63) is 101 Å². The molecule has 0 N–H and O–H groups in total. The summed E-state index contributed by atoms with van der Waals surface area (Å²) in [5.74, 6) is 0. The highest BCUT2D eigenvalue weighted by molar-refractivity contribution is 5.95. The smallest absolute Gasteiger partial charge is 0.167 e. The van der Waals surface area contributed by atoms with Gasteiger partial charge in [-0.1, -0.05) is 53.7 Å². The molecule has 0 spiro atoms.